The van der Waals surface area contributed by atoms with E-state index in [4.69, 9.17) is 9.63 Å². The van der Waals surface area contributed by atoms with Crippen LogP contribution in [0.2, 0.25) is 18.1 Å². The summed E-state index contributed by atoms with van der Waals surface area (Å²) in [5, 5.41) is 12.0. The van der Waals surface area contributed by atoms with E-state index in [1.807, 2.05) is 13.1 Å². The molecule has 0 atom stereocenters. The summed E-state index contributed by atoms with van der Waals surface area (Å²) in [6.45, 7) is 10.2. The van der Waals surface area contributed by atoms with Gasteiger partial charge in [0.15, 0.2) is 8.32 Å². The summed E-state index contributed by atoms with van der Waals surface area (Å²) in [5.74, 6) is -1.94. The van der Waals surface area contributed by atoms with E-state index in [2.05, 4.69) is 30.9 Å². The van der Waals surface area contributed by atoms with E-state index in [0.29, 0.717) is 0 Å². The monoisotopic (exact) mass is 302 g/mol. The lowest BCUT2D eigenvalue weighted by molar-refractivity contribution is 0.300. The van der Waals surface area contributed by atoms with Crippen molar-refractivity contribution < 1.29 is 18.4 Å². The Morgan fingerprint density at radius 1 is 1.35 bits per heavy atom. The van der Waals surface area contributed by atoms with Crippen LogP contribution in [0.1, 0.15) is 26.3 Å². The van der Waals surface area contributed by atoms with Crippen LogP contribution in [0.4, 0.5) is 8.78 Å². The first-order chi connectivity index (χ1) is 9.08. The molecule has 1 aromatic heterocycles. The molecule has 1 rings (SSSR count). The molecule has 4 nitrogen and oxygen atoms in total. The zero-order chi connectivity index (χ0) is 15.6. The molecule has 0 aliphatic carbocycles. The Morgan fingerprint density at radius 3 is 2.40 bits per heavy atom. The third-order valence-corrected chi connectivity index (χ3v) is 8.10. The summed E-state index contributed by atoms with van der Waals surface area (Å²) in [7, 11) is -2.05. The summed E-state index contributed by atoms with van der Waals surface area (Å²) in [6.07, 6.45) is 0. The second kappa shape index (κ2) is 5.97. The molecule has 0 amide bonds. The van der Waals surface area contributed by atoms with Gasteiger partial charge in [0.05, 0.1) is 12.2 Å². The molecule has 0 radical (unpaired) electrons. The minimum atomic E-state index is -2.05. The van der Waals surface area contributed by atoms with Crippen LogP contribution in [0, 0.1) is 11.9 Å². The zero-order valence-electron chi connectivity index (χ0n) is 12.4. The van der Waals surface area contributed by atoms with Gasteiger partial charge in [0.1, 0.15) is 5.71 Å². The Kier molecular flexibility index (Phi) is 4.98. The van der Waals surface area contributed by atoms with E-state index < -0.39 is 20.2 Å². The largest absolute Gasteiger partial charge is 0.411 e. The number of oxime groups is 1. The van der Waals surface area contributed by atoms with Crippen molar-refractivity contribution in [2.75, 3.05) is 6.61 Å². The number of hydrogen-bond donors (Lipinski definition) is 1. The third-order valence-electron chi connectivity index (χ3n) is 3.62. The summed E-state index contributed by atoms with van der Waals surface area (Å²) < 4.78 is 32.2. The van der Waals surface area contributed by atoms with Gasteiger partial charge in [-0.2, -0.15) is 13.8 Å². The van der Waals surface area contributed by atoms with Crippen molar-refractivity contribution in [1.29, 1.82) is 0 Å². The Balaban J connectivity index is 2.90. The van der Waals surface area contributed by atoms with Gasteiger partial charge in [0.2, 0.25) is 11.9 Å². The van der Waals surface area contributed by atoms with Crippen LogP contribution >= 0.6 is 0 Å². The first-order valence-electron chi connectivity index (χ1n) is 6.26. The van der Waals surface area contributed by atoms with Gasteiger partial charge in [0, 0.05) is 0 Å². The highest BCUT2D eigenvalue weighted by atomic mass is 28.4. The third kappa shape index (κ3) is 3.83. The molecule has 1 aromatic rings. The molecule has 0 saturated carbocycles. The highest BCUT2D eigenvalue weighted by molar-refractivity contribution is 6.74. The highest BCUT2D eigenvalue weighted by Gasteiger charge is 2.37. The minimum absolute atomic E-state index is 0.000162. The van der Waals surface area contributed by atoms with Gasteiger partial charge < -0.3 is 9.63 Å². The van der Waals surface area contributed by atoms with E-state index in [9.17, 15) is 8.78 Å². The van der Waals surface area contributed by atoms with Crippen LogP contribution < -0.4 is 0 Å². The molecule has 0 fully saturated rings. The standard InChI is InChI=1S/C13H20F2N2O2Si/c1-13(2,3)20(4,5)19-8-10(17-18)9-6-7-11(14)16-12(9)15/h6-7,18H,8H2,1-5H3/b17-10-. The van der Waals surface area contributed by atoms with Crippen molar-refractivity contribution in [1.82, 2.24) is 4.98 Å². The minimum Gasteiger partial charge on any atom is -0.411 e. The lowest BCUT2D eigenvalue weighted by Gasteiger charge is -2.36. The van der Waals surface area contributed by atoms with Gasteiger partial charge >= 0.3 is 0 Å². The molecule has 0 aromatic carbocycles. The van der Waals surface area contributed by atoms with Gasteiger partial charge in [-0.25, -0.2) is 0 Å². The number of nitrogens with zero attached hydrogens (tertiary/aromatic N) is 2. The number of aromatic nitrogens is 1. The highest BCUT2D eigenvalue weighted by Crippen LogP contribution is 2.36. The molecule has 0 spiro atoms. The fraction of sp³-hybridized carbons (Fsp3) is 0.538. The maximum atomic E-state index is 13.6. The number of hydrogen-bond acceptors (Lipinski definition) is 4. The smallest absolute Gasteiger partial charge is 0.224 e. The SMILES string of the molecule is CC(C)(C)[Si](C)(C)OC/C(=N/O)c1ccc(F)nc1F. The molecule has 1 heterocycles. The van der Waals surface area contributed by atoms with E-state index in [0.717, 1.165) is 6.07 Å². The van der Waals surface area contributed by atoms with Crippen molar-refractivity contribution in [3.05, 3.63) is 29.6 Å². The Morgan fingerprint density at radius 2 is 1.95 bits per heavy atom. The summed E-state index contributed by atoms with van der Waals surface area (Å²) in [5.41, 5.74) is -0.0626. The molecule has 112 valence electrons. The van der Waals surface area contributed by atoms with E-state index in [-0.39, 0.29) is 22.9 Å². The average molecular weight is 302 g/mol. The predicted octanol–water partition coefficient (Wildman–Crippen LogP) is 3.56. The molecule has 0 aliphatic heterocycles. The summed E-state index contributed by atoms with van der Waals surface area (Å²) >= 11 is 0. The maximum Gasteiger partial charge on any atom is 0.224 e. The van der Waals surface area contributed by atoms with Crippen molar-refractivity contribution >= 4 is 14.0 Å². The molecular weight excluding hydrogens is 282 g/mol. The van der Waals surface area contributed by atoms with Crippen LogP contribution in [0.5, 0.6) is 0 Å². The summed E-state index contributed by atoms with van der Waals surface area (Å²) in [4.78, 5) is 3.07. The second-order valence-corrected chi connectivity index (χ2v) is 10.9. The van der Waals surface area contributed by atoms with E-state index in [1.165, 1.54) is 6.07 Å². The van der Waals surface area contributed by atoms with Gasteiger partial charge in [0.25, 0.3) is 0 Å². The van der Waals surface area contributed by atoms with Crippen LogP contribution in [-0.4, -0.2) is 30.8 Å². The molecule has 1 N–H and O–H groups in total. The van der Waals surface area contributed by atoms with Gasteiger partial charge in [-0.05, 0) is 30.3 Å². The second-order valence-electron chi connectivity index (χ2n) is 6.07. The topological polar surface area (TPSA) is 54.7 Å². The van der Waals surface area contributed by atoms with Crippen LogP contribution in [-0.2, 0) is 4.43 Å². The molecule has 0 bridgehead atoms. The number of halogens is 2. The first-order valence-corrected chi connectivity index (χ1v) is 9.16. The molecule has 0 saturated heterocycles. The van der Waals surface area contributed by atoms with Crippen molar-refractivity contribution in [3.63, 3.8) is 0 Å². The maximum absolute atomic E-state index is 13.6. The molecule has 20 heavy (non-hydrogen) atoms. The van der Waals surface area contributed by atoms with Crippen LogP contribution in [0.25, 0.3) is 0 Å². The van der Waals surface area contributed by atoms with Crippen LogP contribution in [0.15, 0.2) is 17.3 Å². The van der Waals surface area contributed by atoms with Crippen LogP contribution in [0.3, 0.4) is 0 Å². The normalized spacial score (nSPS) is 13.7. The van der Waals surface area contributed by atoms with Crippen molar-refractivity contribution in [2.24, 2.45) is 5.16 Å². The van der Waals surface area contributed by atoms with E-state index in [1.54, 1.807) is 0 Å². The number of pyridine rings is 1. The first kappa shape index (κ1) is 16.7. The fourth-order valence-corrected chi connectivity index (χ4v) is 2.18. The fourth-order valence-electron chi connectivity index (χ4n) is 1.25. The molecule has 7 heteroatoms. The van der Waals surface area contributed by atoms with Gasteiger partial charge in [-0.3, -0.25) is 0 Å². The van der Waals surface area contributed by atoms with Crippen molar-refractivity contribution in [2.45, 2.75) is 38.9 Å². The molecule has 0 aliphatic rings. The Hall–Kier alpha value is -1.34. The Labute approximate surface area is 118 Å². The lowest BCUT2D eigenvalue weighted by Crippen LogP contribution is -2.42. The zero-order valence-corrected chi connectivity index (χ0v) is 13.4. The average Bonchev–Trinajstić information content (AvgIpc) is 2.30. The van der Waals surface area contributed by atoms with Gasteiger partial charge in [-0.15, -0.1) is 0 Å². The Bertz CT molecular complexity index is 514. The van der Waals surface area contributed by atoms with E-state index >= 15 is 0 Å². The quantitative estimate of drug-likeness (QED) is 0.304. The van der Waals surface area contributed by atoms with Gasteiger partial charge in [-0.1, -0.05) is 25.9 Å². The number of rotatable bonds is 4. The van der Waals surface area contributed by atoms with Crippen molar-refractivity contribution in [3.8, 4) is 0 Å². The predicted molar refractivity (Wildman–Crippen MR) is 75.6 cm³/mol. The summed E-state index contributed by atoms with van der Waals surface area (Å²) in [6, 6.07) is 2.19. The molecule has 0 unspecified atom stereocenters. The lowest BCUT2D eigenvalue weighted by atomic mass is 10.2. The molecular formula is C13H20F2N2O2Si.